The smallest absolute Gasteiger partial charge is 0.129 e. The Labute approximate surface area is 126 Å². The molecule has 0 saturated heterocycles. The molecule has 1 atom stereocenters. The highest BCUT2D eigenvalue weighted by molar-refractivity contribution is 9.11. The molecule has 0 fully saturated rings. The number of halogens is 2. The molecule has 1 N–H and O–H groups in total. The lowest BCUT2D eigenvalue weighted by Gasteiger charge is -2.17. The van der Waals surface area contributed by atoms with Crippen LogP contribution in [0.5, 0.6) is 0 Å². The fourth-order valence-corrected chi connectivity index (χ4v) is 3.95. The maximum absolute atomic E-state index is 13.7. The quantitative estimate of drug-likeness (QED) is 0.838. The molecular formula is C15H17BrFNS. The van der Waals surface area contributed by atoms with E-state index in [1.54, 1.807) is 11.3 Å². The maximum Gasteiger partial charge on any atom is 0.129 e. The Morgan fingerprint density at radius 3 is 2.11 bits per heavy atom. The number of nitrogens with one attached hydrogen (secondary N) is 1. The van der Waals surface area contributed by atoms with Crippen LogP contribution in [0.25, 0.3) is 0 Å². The molecule has 0 aliphatic rings. The number of aryl methyl sites for hydroxylation is 3. The molecule has 0 bridgehead atoms. The number of benzene rings is 1. The summed E-state index contributed by atoms with van der Waals surface area (Å²) in [4.78, 5) is 1.23. The monoisotopic (exact) mass is 341 g/mol. The number of hydrogen-bond acceptors (Lipinski definition) is 2. The summed E-state index contributed by atoms with van der Waals surface area (Å²) in [6.07, 6.45) is 0. The molecule has 102 valence electrons. The van der Waals surface area contributed by atoms with Crippen molar-refractivity contribution in [3.8, 4) is 0 Å². The van der Waals surface area contributed by atoms with Crippen molar-refractivity contribution in [1.82, 2.24) is 5.32 Å². The molecular weight excluding hydrogens is 325 g/mol. The fourth-order valence-electron chi connectivity index (χ4n) is 2.25. The van der Waals surface area contributed by atoms with Gasteiger partial charge in [-0.05, 0) is 72.1 Å². The lowest BCUT2D eigenvalue weighted by atomic mass is 9.99. The minimum absolute atomic E-state index is 0.105. The molecule has 1 heterocycles. The number of thiophene rings is 1. The van der Waals surface area contributed by atoms with Gasteiger partial charge in [-0.2, -0.15) is 0 Å². The van der Waals surface area contributed by atoms with E-state index in [0.717, 1.165) is 9.35 Å². The van der Waals surface area contributed by atoms with E-state index >= 15 is 0 Å². The first-order valence-corrected chi connectivity index (χ1v) is 7.74. The largest absolute Gasteiger partial charge is 0.309 e. The molecule has 0 aliphatic heterocycles. The van der Waals surface area contributed by atoms with E-state index in [-0.39, 0.29) is 11.9 Å². The standard InChI is InChI=1S/C15H17BrFNS/c1-8-5-11(6-9(2)13(8)17)14(18-4)12-7-10(3)15(16)19-12/h5-7,14,18H,1-4H3. The lowest BCUT2D eigenvalue weighted by Crippen LogP contribution is -2.17. The highest BCUT2D eigenvalue weighted by Crippen LogP contribution is 2.35. The zero-order valence-corrected chi connectivity index (χ0v) is 13.9. The Kier molecular flexibility index (Phi) is 4.43. The highest BCUT2D eigenvalue weighted by atomic mass is 79.9. The Bertz CT molecular complexity index is 564. The minimum atomic E-state index is -0.109. The van der Waals surface area contributed by atoms with Crippen molar-refractivity contribution in [3.63, 3.8) is 0 Å². The second kappa shape index (κ2) is 5.73. The van der Waals surface area contributed by atoms with Gasteiger partial charge in [0.2, 0.25) is 0 Å². The zero-order chi connectivity index (χ0) is 14.2. The summed E-state index contributed by atoms with van der Waals surface area (Å²) >= 11 is 5.28. The van der Waals surface area contributed by atoms with Crippen LogP contribution in [0.2, 0.25) is 0 Å². The van der Waals surface area contributed by atoms with Crippen LogP contribution in [0.3, 0.4) is 0 Å². The summed E-state index contributed by atoms with van der Waals surface area (Å²) in [6.45, 7) is 5.71. The molecule has 1 aromatic heterocycles. The fraction of sp³-hybridized carbons (Fsp3) is 0.333. The van der Waals surface area contributed by atoms with Gasteiger partial charge in [0.25, 0.3) is 0 Å². The molecule has 1 nitrogen and oxygen atoms in total. The SMILES string of the molecule is CNC(c1cc(C)c(F)c(C)c1)c1cc(C)c(Br)s1. The predicted molar refractivity (Wildman–Crippen MR) is 83.5 cm³/mol. The molecule has 19 heavy (non-hydrogen) atoms. The van der Waals surface area contributed by atoms with E-state index in [4.69, 9.17) is 0 Å². The van der Waals surface area contributed by atoms with Crippen LogP contribution in [-0.2, 0) is 0 Å². The first-order chi connectivity index (χ1) is 8.93. The molecule has 2 rings (SSSR count). The van der Waals surface area contributed by atoms with Crippen molar-refractivity contribution in [1.29, 1.82) is 0 Å². The van der Waals surface area contributed by atoms with E-state index in [0.29, 0.717) is 11.1 Å². The van der Waals surface area contributed by atoms with Crippen molar-refractivity contribution < 1.29 is 4.39 Å². The van der Waals surface area contributed by atoms with Crippen LogP contribution in [0.4, 0.5) is 4.39 Å². The predicted octanol–water partition coefficient (Wildman–Crippen LogP) is 4.88. The average Bonchev–Trinajstić information content (AvgIpc) is 2.67. The topological polar surface area (TPSA) is 12.0 Å². The highest BCUT2D eigenvalue weighted by Gasteiger charge is 2.17. The Morgan fingerprint density at radius 1 is 1.11 bits per heavy atom. The van der Waals surface area contributed by atoms with Gasteiger partial charge in [0.1, 0.15) is 5.82 Å². The van der Waals surface area contributed by atoms with Crippen molar-refractivity contribution in [3.05, 3.63) is 54.9 Å². The third-order valence-corrected chi connectivity index (χ3v) is 5.44. The Hall–Kier alpha value is -0.710. The normalized spacial score (nSPS) is 12.7. The van der Waals surface area contributed by atoms with Crippen molar-refractivity contribution >= 4 is 27.3 Å². The average molecular weight is 342 g/mol. The number of hydrogen-bond donors (Lipinski definition) is 1. The molecule has 0 saturated carbocycles. The summed E-state index contributed by atoms with van der Waals surface area (Å²) in [6, 6.07) is 6.12. The minimum Gasteiger partial charge on any atom is -0.309 e. The van der Waals surface area contributed by atoms with Gasteiger partial charge < -0.3 is 5.32 Å². The van der Waals surface area contributed by atoms with Gasteiger partial charge in [-0.3, -0.25) is 0 Å². The molecule has 2 aromatic rings. The third kappa shape index (κ3) is 2.91. The van der Waals surface area contributed by atoms with Crippen molar-refractivity contribution in [2.75, 3.05) is 7.05 Å². The second-order valence-corrected chi connectivity index (χ2v) is 7.20. The lowest BCUT2D eigenvalue weighted by molar-refractivity contribution is 0.605. The van der Waals surface area contributed by atoms with E-state index in [1.165, 1.54) is 10.4 Å². The number of rotatable bonds is 3. The van der Waals surface area contributed by atoms with Crippen molar-refractivity contribution in [2.45, 2.75) is 26.8 Å². The molecule has 0 radical (unpaired) electrons. The zero-order valence-electron chi connectivity index (χ0n) is 11.5. The molecule has 1 unspecified atom stereocenters. The first kappa shape index (κ1) is 14.7. The summed E-state index contributed by atoms with van der Waals surface area (Å²) in [5.74, 6) is -0.109. The molecule has 0 spiro atoms. The van der Waals surface area contributed by atoms with Gasteiger partial charge in [0.05, 0.1) is 9.83 Å². The van der Waals surface area contributed by atoms with Crippen LogP contribution >= 0.6 is 27.3 Å². The summed E-state index contributed by atoms with van der Waals surface area (Å²) < 4.78 is 14.9. The van der Waals surface area contributed by atoms with E-state index in [1.807, 2.05) is 33.0 Å². The van der Waals surface area contributed by atoms with Crippen molar-refractivity contribution in [2.24, 2.45) is 0 Å². The van der Waals surface area contributed by atoms with Gasteiger partial charge in [0.15, 0.2) is 0 Å². The second-order valence-electron chi connectivity index (χ2n) is 4.80. The summed E-state index contributed by atoms with van der Waals surface area (Å²) in [5.41, 5.74) is 3.73. The summed E-state index contributed by atoms with van der Waals surface area (Å²) in [7, 11) is 1.93. The van der Waals surface area contributed by atoms with E-state index in [2.05, 4.69) is 34.2 Å². The summed E-state index contributed by atoms with van der Waals surface area (Å²) in [5, 5.41) is 3.32. The van der Waals surface area contributed by atoms with Crippen LogP contribution in [0.15, 0.2) is 22.0 Å². The Balaban J connectivity index is 2.48. The van der Waals surface area contributed by atoms with E-state index in [9.17, 15) is 4.39 Å². The Morgan fingerprint density at radius 2 is 1.68 bits per heavy atom. The van der Waals surface area contributed by atoms with Gasteiger partial charge in [-0.15, -0.1) is 11.3 Å². The molecule has 0 amide bonds. The third-order valence-electron chi connectivity index (χ3n) is 3.24. The van der Waals surface area contributed by atoms with E-state index < -0.39 is 0 Å². The first-order valence-electron chi connectivity index (χ1n) is 6.13. The van der Waals surface area contributed by atoms with Gasteiger partial charge >= 0.3 is 0 Å². The van der Waals surface area contributed by atoms with Crippen LogP contribution < -0.4 is 5.32 Å². The van der Waals surface area contributed by atoms with Gasteiger partial charge in [-0.1, -0.05) is 12.1 Å². The molecule has 4 heteroatoms. The molecule has 0 aliphatic carbocycles. The van der Waals surface area contributed by atoms with Gasteiger partial charge in [0, 0.05) is 4.88 Å². The van der Waals surface area contributed by atoms with Crippen LogP contribution in [0, 0.1) is 26.6 Å². The van der Waals surface area contributed by atoms with Crippen LogP contribution in [0.1, 0.15) is 33.2 Å². The molecule has 1 aromatic carbocycles. The van der Waals surface area contributed by atoms with Gasteiger partial charge in [-0.25, -0.2) is 4.39 Å². The maximum atomic E-state index is 13.7. The van der Waals surface area contributed by atoms with Crippen LogP contribution in [-0.4, -0.2) is 7.05 Å².